The van der Waals surface area contributed by atoms with Crippen LogP contribution in [0.5, 0.6) is 0 Å². The molecule has 0 amide bonds. The van der Waals surface area contributed by atoms with Crippen molar-refractivity contribution in [1.82, 2.24) is 10.2 Å². The fourth-order valence-electron chi connectivity index (χ4n) is 2.05. The second-order valence-electron chi connectivity index (χ2n) is 5.51. The van der Waals surface area contributed by atoms with Crippen LogP contribution in [0.3, 0.4) is 0 Å². The van der Waals surface area contributed by atoms with E-state index in [0.29, 0.717) is 6.04 Å². The largest absolute Gasteiger partial charge is 0.308 e. The minimum atomic E-state index is 0.579. The van der Waals surface area contributed by atoms with Gasteiger partial charge in [0.15, 0.2) is 0 Å². The van der Waals surface area contributed by atoms with Crippen molar-refractivity contribution in [3.8, 4) is 0 Å². The van der Waals surface area contributed by atoms with E-state index in [1.54, 1.807) is 11.3 Å². The van der Waals surface area contributed by atoms with Crippen molar-refractivity contribution >= 4 is 11.3 Å². The summed E-state index contributed by atoms with van der Waals surface area (Å²) in [6.07, 6.45) is 0. The number of nitrogens with one attached hydrogen (secondary N) is 1. The Hall–Kier alpha value is -1.16. The van der Waals surface area contributed by atoms with Crippen LogP contribution in [0.2, 0.25) is 0 Å². The minimum absolute atomic E-state index is 0.579. The number of hydrogen-bond donors (Lipinski definition) is 1. The van der Waals surface area contributed by atoms with E-state index in [1.165, 1.54) is 16.0 Å². The third-order valence-corrected chi connectivity index (χ3v) is 4.39. The zero-order valence-electron chi connectivity index (χ0n) is 12.6. The summed E-state index contributed by atoms with van der Waals surface area (Å²) in [7, 11) is 2.17. The molecule has 0 atom stereocenters. The van der Waals surface area contributed by atoms with E-state index in [-0.39, 0.29) is 0 Å². The van der Waals surface area contributed by atoms with E-state index in [1.807, 2.05) is 0 Å². The van der Waals surface area contributed by atoms with Gasteiger partial charge in [-0.05, 0) is 43.5 Å². The summed E-state index contributed by atoms with van der Waals surface area (Å²) in [5.74, 6) is 0. The third-order valence-electron chi connectivity index (χ3n) is 3.51. The summed E-state index contributed by atoms with van der Waals surface area (Å²) in [6, 6.07) is 13.7. The molecule has 0 aliphatic heterocycles. The maximum Gasteiger partial charge on any atom is 0.0302 e. The average molecular weight is 288 g/mol. The molecule has 3 heteroatoms. The summed E-state index contributed by atoms with van der Waals surface area (Å²) in [5, 5.41) is 5.63. The normalized spacial score (nSPS) is 11.4. The van der Waals surface area contributed by atoms with Crippen LogP contribution in [0.15, 0.2) is 41.8 Å². The van der Waals surface area contributed by atoms with Gasteiger partial charge in [-0.2, -0.15) is 0 Å². The van der Waals surface area contributed by atoms with Gasteiger partial charge in [0.1, 0.15) is 0 Å². The highest BCUT2D eigenvalue weighted by atomic mass is 32.1. The van der Waals surface area contributed by atoms with Crippen molar-refractivity contribution in [1.29, 1.82) is 0 Å². The van der Waals surface area contributed by atoms with Crippen LogP contribution >= 0.6 is 11.3 Å². The molecular weight excluding hydrogens is 264 g/mol. The molecular formula is C17H24N2S. The summed E-state index contributed by atoms with van der Waals surface area (Å²) in [4.78, 5) is 3.75. The molecule has 2 aromatic rings. The fourth-order valence-corrected chi connectivity index (χ4v) is 2.73. The van der Waals surface area contributed by atoms with Gasteiger partial charge in [0.2, 0.25) is 0 Å². The first-order valence-corrected chi connectivity index (χ1v) is 8.04. The van der Waals surface area contributed by atoms with Crippen LogP contribution in [0, 0.1) is 0 Å². The molecule has 0 fully saturated rings. The Bertz CT molecular complexity index is 505. The topological polar surface area (TPSA) is 15.3 Å². The second-order valence-corrected chi connectivity index (χ2v) is 6.54. The zero-order valence-corrected chi connectivity index (χ0v) is 13.4. The van der Waals surface area contributed by atoms with Gasteiger partial charge in [-0.25, -0.2) is 0 Å². The highest BCUT2D eigenvalue weighted by Crippen LogP contribution is 2.11. The molecule has 0 saturated heterocycles. The quantitative estimate of drug-likeness (QED) is 0.832. The SMILES string of the molecule is CC(C)N(C)Cc1cccc(CNCc2cccs2)c1. The van der Waals surface area contributed by atoms with Crippen molar-refractivity contribution in [2.75, 3.05) is 7.05 Å². The molecule has 1 aromatic heterocycles. The van der Waals surface area contributed by atoms with E-state index in [0.717, 1.165) is 19.6 Å². The lowest BCUT2D eigenvalue weighted by molar-refractivity contribution is 0.266. The lowest BCUT2D eigenvalue weighted by Crippen LogP contribution is -2.25. The molecule has 2 nitrogen and oxygen atoms in total. The molecule has 1 heterocycles. The van der Waals surface area contributed by atoms with Crippen LogP contribution < -0.4 is 5.32 Å². The first-order chi connectivity index (χ1) is 9.65. The van der Waals surface area contributed by atoms with E-state index < -0.39 is 0 Å². The highest BCUT2D eigenvalue weighted by molar-refractivity contribution is 7.09. The van der Waals surface area contributed by atoms with Gasteiger partial charge < -0.3 is 5.32 Å². The van der Waals surface area contributed by atoms with Gasteiger partial charge in [-0.3, -0.25) is 4.90 Å². The predicted molar refractivity (Wildman–Crippen MR) is 87.9 cm³/mol. The highest BCUT2D eigenvalue weighted by Gasteiger charge is 2.04. The Balaban J connectivity index is 1.86. The predicted octanol–water partition coefficient (Wildman–Crippen LogP) is 3.88. The van der Waals surface area contributed by atoms with E-state index in [2.05, 4.69) is 72.9 Å². The molecule has 20 heavy (non-hydrogen) atoms. The minimum Gasteiger partial charge on any atom is -0.308 e. The Morgan fingerprint density at radius 2 is 1.90 bits per heavy atom. The summed E-state index contributed by atoms with van der Waals surface area (Å²) in [5.41, 5.74) is 2.74. The van der Waals surface area contributed by atoms with Crippen LogP contribution in [0.4, 0.5) is 0 Å². The second kappa shape index (κ2) is 7.58. The van der Waals surface area contributed by atoms with E-state index in [4.69, 9.17) is 0 Å². The summed E-state index contributed by atoms with van der Waals surface area (Å²) in [6.45, 7) is 7.35. The number of hydrogen-bond acceptors (Lipinski definition) is 3. The summed E-state index contributed by atoms with van der Waals surface area (Å²) >= 11 is 1.80. The average Bonchev–Trinajstić information content (AvgIpc) is 2.92. The maximum absolute atomic E-state index is 3.50. The Labute approximate surface area is 126 Å². The Morgan fingerprint density at radius 3 is 2.60 bits per heavy atom. The van der Waals surface area contributed by atoms with Crippen molar-refractivity contribution < 1.29 is 0 Å². The number of benzene rings is 1. The molecule has 108 valence electrons. The van der Waals surface area contributed by atoms with E-state index in [9.17, 15) is 0 Å². The van der Waals surface area contributed by atoms with Gasteiger partial charge >= 0.3 is 0 Å². The molecule has 1 aromatic carbocycles. The van der Waals surface area contributed by atoms with Crippen LogP contribution in [-0.4, -0.2) is 18.0 Å². The standard InChI is InChI=1S/C17H24N2S/c1-14(2)19(3)13-16-7-4-6-15(10-16)11-18-12-17-8-5-9-20-17/h4-10,14,18H,11-13H2,1-3H3. The number of rotatable bonds is 7. The van der Waals surface area contributed by atoms with Gasteiger partial charge in [-0.15, -0.1) is 11.3 Å². The number of thiophene rings is 1. The first-order valence-electron chi connectivity index (χ1n) is 7.16. The lowest BCUT2D eigenvalue weighted by Gasteiger charge is -2.21. The number of nitrogens with zero attached hydrogens (tertiary/aromatic N) is 1. The molecule has 0 aliphatic carbocycles. The van der Waals surface area contributed by atoms with Crippen molar-refractivity contribution in [2.45, 2.75) is 39.5 Å². The van der Waals surface area contributed by atoms with Crippen molar-refractivity contribution in [3.63, 3.8) is 0 Å². The van der Waals surface area contributed by atoms with Crippen molar-refractivity contribution in [3.05, 3.63) is 57.8 Å². The first kappa shape index (κ1) is 15.2. The van der Waals surface area contributed by atoms with Crippen LogP contribution in [0.1, 0.15) is 29.9 Å². The molecule has 0 unspecified atom stereocenters. The smallest absolute Gasteiger partial charge is 0.0302 e. The van der Waals surface area contributed by atoms with Crippen LogP contribution in [-0.2, 0) is 19.6 Å². The third kappa shape index (κ3) is 4.75. The van der Waals surface area contributed by atoms with E-state index >= 15 is 0 Å². The van der Waals surface area contributed by atoms with Gasteiger partial charge in [0, 0.05) is 30.6 Å². The van der Waals surface area contributed by atoms with Gasteiger partial charge in [0.05, 0.1) is 0 Å². The zero-order chi connectivity index (χ0) is 14.4. The molecule has 0 saturated carbocycles. The Morgan fingerprint density at radius 1 is 1.10 bits per heavy atom. The molecule has 0 spiro atoms. The monoisotopic (exact) mass is 288 g/mol. The van der Waals surface area contributed by atoms with Crippen LogP contribution in [0.25, 0.3) is 0 Å². The van der Waals surface area contributed by atoms with Gasteiger partial charge in [0.25, 0.3) is 0 Å². The molecule has 2 rings (SSSR count). The maximum atomic E-state index is 3.50. The Kier molecular flexibility index (Phi) is 5.77. The lowest BCUT2D eigenvalue weighted by atomic mass is 10.1. The summed E-state index contributed by atoms with van der Waals surface area (Å²) < 4.78 is 0. The van der Waals surface area contributed by atoms with Gasteiger partial charge in [-0.1, -0.05) is 30.3 Å². The molecule has 1 N–H and O–H groups in total. The molecule has 0 radical (unpaired) electrons. The molecule has 0 bridgehead atoms. The fraction of sp³-hybridized carbons (Fsp3) is 0.412. The molecule has 0 aliphatic rings. The van der Waals surface area contributed by atoms with Crippen molar-refractivity contribution in [2.24, 2.45) is 0 Å².